The van der Waals surface area contributed by atoms with Crippen LogP contribution in [-0.4, -0.2) is 82.9 Å². The van der Waals surface area contributed by atoms with Crippen LogP contribution in [0.3, 0.4) is 0 Å². The molecular weight excluding hydrogens is 597 g/mol. The molecule has 0 aromatic heterocycles. The summed E-state index contributed by atoms with van der Waals surface area (Å²) in [5, 5.41) is 4.89. The van der Waals surface area contributed by atoms with Gasteiger partial charge in [0.25, 0.3) is 0 Å². The number of unbranched alkanes of at least 4 members (excludes halogenated alkanes) is 13. The highest BCUT2D eigenvalue weighted by Gasteiger charge is 2.37. The van der Waals surface area contributed by atoms with E-state index in [1.54, 1.807) is 0 Å². The second-order valence-corrected chi connectivity index (χ2v) is 11.8. The number of hydrogen-bond acceptors (Lipinski definition) is 5. The van der Waals surface area contributed by atoms with Crippen LogP contribution in [0.1, 0.15) is 110 Å². The molecule has 1 rings (SSSR count). The minimum atomic E-state index is -0.760. The van der Waals surface area contributed by atoms with Gasteiger partial charge in [0.15, 0.2) is 0 Å². The van der Waals surface area contributed by atoms with Crippen molar-refractivity contribution in [1.82, 2.24) is 10.6 Å². The number of urea groups is 1. The zero-order chi connectivity index (χ0) is 27.2. The first-order chi connectivity index (χ1) is 17.8. The number of alkyl carbamates (subject to hydrolysis) is 1. The first-order valence-corrected chi connectivity index (χ1v) is 15.0. The summed E-state index contributed by atoms with van der Waals surface area (Å²) in [5.74, 6) is 0. The number of carbonyl (C=O) groups is 2. The van der Waals surface area contributed by atoms with E-state index in [1.807, 2.05) is 21.1 Å². The highest BCUT2D eigenvalue weighted by Crippen LogP contribution is 2.27. The van der Waals surface area contributed by atoms with E-state index in [4.69, 9.17) is 14.2 Å². The third-order valence-electron chi connectivity index (χ3n) is 6.94. The molecule has 1 fully saturated rings. The predicted octanol–water partition coefficient (Wildman–Crippen LogP) is 3.18. The van der Waals surface area contributed by atoms with Gasteiger partial charge in [-0.2, -0.15) is 0 Å². The number of hydrogen-bond donors (Lipinski definition) is 2. The molecule has 8 nitrogen and oxygen atoms in total. The van der Waals surface area contributed by atoms with Crippen molar-refractivity contribution >= 4 is 12.1 Å². The van der Waals surface area contributed by atoms with E-state index in [0.29, 0.717) is 26.4 Å². The van der Waals surface area contributed by atoms with Crippen molar-refractivity contribution in [3.05, 3.63) is 0 Å². The second kappa shape index (κ2) is 23.1. The number of rotatable bonds is 22. The van der Waals surface area contributed by atoms with Crippen molar-refractivity contribution in [3.8, 4) is 0 Å². The molecule has 9 heteroatoms. The van der Waals surface area contributed by atoms with Gasteiger partial charge < -0.3 is 48.0 Å². The van der Waals surface area contributed by atoms with E-state index in [9.17, 15) is 9.59 Å². The Morgan fingerprint density at radius 3 is 1.89 bits per heavy atom. The fourth-order valence-corrected chi connectivity index (χ4v) is 4.56. The Hall–Kier alpha value is -0.650. The molecule has 0 saturated carbocycles. The second-order valence-electron chi connectivity index (χ2n) is 11.8. The molecule has 0 aromatic carbocycles. The number of imide groups is 1. The van der Waals surface area contributed by atoms with Gasteiger partial charge in [0, 0.05) is 13.2 Å². The van der Waals surface area contributed by atoms with Crippen LogP contribution in [0, 0.1) is 0 Å². The van der Waals surface area contributed by atoms with Crippen LogP contribution >= 0.6 is 0 Å². The molecule has 1 saturated heterocycles. The summed E-state index contributed by atoms with van der Waals surface area (Å²) in [6.45, 7) is 5.34. The Morgan fingerprint density at radius 2 is 1.39 bits per heavy atom. The lowest BCUT2D eigenvalue weighted by molar-refractivity contribution is -0.869. The predicted molar refractivity (Wildman–Crippen MR) is 150 cm³/mol. The maximum atomic E-state index is 12.0. The smallest absolute Gasteiger partial charge is 0.415 e. The molecular formula is C29H58IN3O5. The fourth-order valence-electron chi connectivity index (χ4n) is 4.56. The molecule has 1 aliphatic rings. The molecule has 1 heterocycles. The van der Waals surface area contributed by atoms with E-state index in [2.05, 4.69) is 17.6 Å². The summed E-state index contributed by atoms with van der Waals surface area (Å²) in [6.07, 6.45) is 19.7. The minimum Gasteiger partial charge on any atom is -1.00 e. The summed E-state index contributed by atoms with van der Waals surface area (Å²) in [4.78, 5) is 23.9. The lowest BCUT2D eigenvalue weighted by Gasteiger charge is -2.27. The van der Waals surface area contributed by atoms with Gasteiger partial charge >= 0.3 is 12.1 Å². The average molecular weight is 656 g/mol. The molecule has 226 valence electrons. The van der Waals surface area contributed by atoms with Gasteiger partial charge in [-0.15, -0.1) is 0 Å². The van der Waals surface area contributed by atoms with Crippen LogP contribution in [-0.2, 0) is 14.2 Å². The van der Waals surface area contributed by atoms with Gasteiger partial charge in [0.1, 0.15) is 12.2 Å². The lowest BCUT2D eigenvalue weighted by atomic mass is 10.0. The lowest BCUT2D eigenvalue weighted by Crippen LogP contribution is -3.00. The molecule has 0 radical (unpaired) electrons. The van der Waals surface area contributed by atoms with E-state index < -0.39 is 17.7 Å². The first-order valence-electron chi connectivity index (χ1n) is 15.0. The molecule has 1 atom stereocenters. The summed E-state index contributed by atoms with van der Waals surface area (Å²) < 4.78 is 17.8. The first kappa shape index (κ1) is 37.4. The fraction of sp³-hybridized carbons (Fsp3) is 0.931. The van der Waals surface area contributed by atoms with Crippen LogP contribution in [0.15, 0.2) is 0 Å². The number of carbonyl (C=O) groups excluding carboxylic acids is 2. The standard InChI is InChI=1S/C29H57N3O5.HI/c1-5-6-7-8-9-10-11-12-13-14-15-16-17-18-23-35-25-29(20-19-24-37-29)26-36-28(34)31-27(33)30-21-22-32(2,3)4;/h5-26H2,1-4H3,(H-,30,31,33,34);1H. The van der Waals surface area contributed by atoms with Crippen LogP contribution in [0.2, 0.25) is 0 Å². The Bertz CT molecular complexity index is 595. The third kappa shape index (κ3) is 21.2. The Labute approximate surface area is 250 Å². The summed E-state index contributed by atoms with van der Waals surface area (Å²) >= 11 is 0. The number of halogens is 1. The van der Waals surface area contributed by atoms with E-state index in [1.165, 1.54) is 83.5 Å². The molecule has 3 amide bonds. The summed E-state index contributed by atoms with van der Waals surface area (Å²) in [5.41, 5.74) is -0.604. The van der Waals surface area contributed by atoms with Gasteiger partial charge in [-0.1, -0.05) is 90.4 Å². The maximum Gasteiger partial charge on any atom is 0.415 e. The van der Waals surface area contributed by atoms with Crippen molar-refractivity contribution in [3.63, 3.8) is 0 Å². The van der Waals surface area contributed by atoms with Crippen molar-refractivity contribution in [1.29, 1.82) is 0 Å². The molecule has 0 aliphatic carbocycles. The van der Waals surface area contributed by atoms with Gasteiger partial charge in [0.05, 0.1) is 40.8 Å². The highest BCUT2D eigenvalue weighted by atomic mass is 127. The molecule has 0 aromatic rings. The number of nitrogens with one attached hydrogen (secondary N) is 2. The van der Waals surface area contributed by atoms with Crippen LogP contribution < -0.4 is 34.6 Å². The molecule has 38 heavy (non-hydrogen) atoms. The Balaban J connectivity index is 0.0000137. The molecule has 0 bridgehead atoms. The van der Waals surface area contributed by atoms with Crippen LogP contribution in [0.25, 0.3) is 0 Å². The number of amides is 3. The van der Waals surface area contributed by atoms with Crippen molar-refractivity contribution in [2.24, 2.45) is 0 Å². The SMILES string of the molecule is CCCCCCCCCCCCCCCCOCC1(COC(=O)NC(=O)NCC[N+](C)(C)C)CCCO1.[I-]. The number of ether oxygens (including phenoxy) is 3. The van der Waals surface area contributed by atoms with Crippen molar-refractivity contribution < 1.29 is 52.3 Å². The van der Waals surface area contributed by atoms with Crippen LogP contribution in [0.4, 0.5) is 9.59 Å². The normalized spacial score (nSPS) is 17.2. The molecule has 1 aliphatic heterocycles. The molecule has 0 spiro atoms. The van der Waals surface area contributed by atoms with Gasteiger partial charge in [-0.3, -0.25) is 0 Å². The van der Waals surface area contributed by atoms with Gasteiger partial charge in [0.2, 0.25) is 0 Å². The zero-order valence-electron chi connectivity index (χ0n) is 24.9. The Kier molecular flexibility index (Phi) is 22.7. The molecule has 2 N–H and O–H groups in total. The minimum absolute atomic E-state index is 0. The van der Waals surface area contributed by atoms with Crippen molar-refractivity contribution in [2.45, 2.75) is 115 Å². The number of likely N-dealkylation sites (N-methyl/N-ethyl adjacent to an activating group) is 1. The van der Waals surface area contributed by atoms with Crippen LogP contribution in [0.5, 0.6) is 0 Å². The van der Waals surface area contributed by atoms with E-state index in [-0.39, 0.29) is 30.6 Å². The monoisotopic (exact) mass is 655 g/mol. The third-order valence-corrected chi connectivity index (χ3v) is 6.94. The summed E-state index contributed by atoms with van der Waals surface area (Å²) in [6, 6.07) is -0.547. The van der Waals surface area contributed by atoms with Gasteiger partial charge in [-0.25, -0.2) is 14.9 Å². The van der Waals surface area contributed by atoms with Crippen molar-refractivity contribution in [2.75, 3.05) is 60.7 Å². The number of nitrogens with zero attached hydrogens (tertiary/aromatic N) is 1. The van der Waals surface area contributed by atoms with Gasteiger partial charge in [-0.05, 0) is 19.3 Å². The topological polar surface area (TPSA) is 85.9 Å². The average Bonchev–Trinajstić information content (AvgIpc) is 3.31. The van der Waals surface area contributed by atoms with E-state index in [0.717, 1.165) is 30.3 Å². The largest absolute Gasteiger partial charge is 1.00 e. The van der Waals surface area contributed by atoms with E-state index >= 15 is 0 Å². The number of quaternary nitrogens is 1. The highest BCUT2D eigenvalue weighted by molar-refractivity contribution is 5.90. The summed E-state index contributed by atoms with van der Waals surface area (Å²) in [7, 11) is 6.11. The Morgan fingerprint density at radius 1 is 0.842 bits per heavy atom. The molecule has 1 unspecified atom stereocenters. The zero-order valence-corrected chi connectivity index (χ0v) is 27.1. The maximum absolute atomic E-state index is 12.0. The quantitative estimate of drug-likeness (QED) is 0.106.